The summed E-state index contributed by atoms with van der Waals surface area (Å²) in [6.07, 6.45) is -3.78. The zero-order valence-corrected chi connectivity index (χ0v) is 15.9. The van der Waals surface area contributed by atoms with Gasteiger partial charge in [0.25, 0.3) is 11.8 Å². The van der Waals surface area contributed by atoms with Crippen LogP contribution in [0.4, 0.5) is 13.2 Å². The Hall–Kier alpha value is -3.11. The smallest absolute Gasteiger partial charge is 0.416 e. The van der Waals surface area contributed by atoms with Gasteiger partial charge in [-0.05, 0) is 37.6 Å². The van der Waals surface area contributed by atoms with Gasteiger partial charge in [-0.2, -0.15) is 13.2 Å². The van der Waals surface area contributed by atoms with Crippen molar-refractivity contribution in [1.82, 2.24) is 16.0 Å². The highest BCUT2D eigenvalue weighted by Crippen LogP contribution is 2.28. The number of carbonyl (C=O) groups is 4. The van der Waals surface area contributed by atoms with Crippen molar-refractivity contribution in [3.8, 4) is 0 Å². The average Bonchev–Trinajstić information content (AvgIpc) is 2.67. The lowest BCUT2D eigenvalue weighted by Gasteiger charge is -2.14. The van der Waals surface area contributed by atoms with Gasteiger partial charge in [-0.1, -0.05) is 6.92 Å². The first-order valence-electron chi connectivity index (χ1n) is 8.72. The Bertz CT molecular complexity index is 735. The fourth-order valence-electron chi connectivity index (χ4n) is 2.01. The van der Waals surface area contributed by atoms with E-state index in [0.29, 0.717) is 6.54 Å². The minimum Gasteiger partial charge on any atom is -0.454 e. The van der Waals surface area contributed by atoms with Crippen molar-refractivity contribution in [2.45, 2.75) is 32.5 Å². The highest BCUT2D eigenvalue weighted by atomic mass is 19.4. The maximum Gasteiger partial charge on any atom is 0.416 e. The number of ether oxygens (including phenoxy) is 1. The molecule has 0 saturated heterocycles. The summed E-state index contributed by atoms with van der Waals surface area (Å²) in [6.45, 7) is 2.57. The molecular weight excluding hydrogens is 395 g/mol. The predicted octanol–water partition coefficient (Wildman–Crippen LogP) is 1.01. The Kier molecular flexibility index (Phi) is 9.10. The summed E-state index contributed by atoms with van der Waals surface area (Å²) in [7, 11) is 0. The maximum absolute atomic E-state index is 12.5. The van der Waals surface area contributed by atoms with Gasteiger partial charge < -0.3 is 20.7 Å². The van der Waals surface area contributed by atoms with Crippen LogP contribution < -0.4 is 16.0 Å². The van der Waals surface area contributed by atoms with E-state index in [1.165, 1.54) is 6.92 Å². The number of hydrogen-bond donors (Lipinski definition) is 3. The lowest BCUT2D eigenvalue weighted by Crippen LogP contribution is -2.46. The molecule has 0 aliphatic heterocycles. The number of esters is 1. The van der Waals surface area contributed by atoms with Gasteiger partial charge in [-0.3, -0.25) is 19.2 Å². The first kappa shape index (κ1) is 23.9. The molecule has 8 nitrogen and oxygen atoms in total. The van der Waals surface area contributed by atoms with Gasteiger partial charge in [-0.25, -0.2) is 0 Å². The molecule has 3 N–H and O–H groups in total. The van der Waals surface area contributed by atoms with Crippen molar-refractivity contribution in [3.63, 3.8) is 0 Å². The van der Waals surface area contributed by atoms with E-state index in [9.17, 15) is 32.3 Å². The van der Waals surface area contributed by atoms with Crippen molar-refractivity contribution >= 4 is 23.7 Å². The van der Waals surface area contributed by atoms with Crippen LogP contribution in [-0.4, -0.2) is 49.4 Å². The number of nitrogens with one attached hydrogen (secondary N) is 3. The predicted molar refractivity (Wildman–Crippen MR) is 95.6 cm³/mol. The zero-order valence-electron chi connectivity index (χ0n) is 15.9. The summed E-state index contributed by atoms with van der Waals surface area (Å²) in [5, 5.41) is 7.11. The van der Waals surface area contributed by atoms with E-state index in [0.717, 1.165) is 30.7 Å². The van der Waals surface area contributed by atoms with E-state index in [4.69, 9.17) is 0 Å². The Labute approximate surface area is 165 Å². The van der Waals surface area contributed by atoms with Crippen molar-refractivity contribution < 1.29 is 37.1 Å². The molecule has 0 fully saturated rings. The topological polar surface area (TPSA) is 114 Å². The van der Waals surface area contributed by atoms with E-state index in [2.05, 4.69) is 20.7 Å². The number of rotatable bonds is 9. The van der Waals surface area contributed by atoms with Crippen LogP contribution in [0.1, 0.15) is 36.2 Å². The molecule has 0 spiro atoms. The summed E-state index contributed by atoms with van der Waals surface area (Å²) < 4.78 is 42.1. The van der Waals surface area contributed by atoms with Crippen LogP contribution in [0.5, 0.6) is 0 Å². The van der Waals surface area contributed by atoms with Crippen LogP contribution in [0.25, 0.3) is 0 Å². The molecule has 0 unspecified atom stereocenters. The highest BCUT2D eigenvalue weighted by molar-refractivity contribution is 5.96. The first-order valence-corrected chi connectivity index (χ1v) is 8.72. The van der Waals surface area contributed by atoms with E-state index >= 15 is 0 Å². The van der Waals surface area contributed by atoms with Crippen LogP contribution in [0, 0.1) is 0 Å². The summed E-state index contributed by atoms with van der Waals surface area (Å²) in [5.74, 6) is -2.79. The minimum atomic E-state index is -4.52. The van der Waals surface area contributed by atoms with Crippen molar-refractivity contribution in [1.29, 1.82) is 0 Å². The second-order valence-corrected chi connectivity index (χ2v) is 6.00. The first-order chi connectivity index (χ1) is 13.5. The Morgan fingerprint density at radius 2 is 1.69 bits per heavy atom. The molecule has 1 aromatic carbocycles. The summed E-state index contributed by atoms with van der Waals surface area (Å²) in [5.41, 5.74) is -0.979. The number of carbonyl (C=O) groups excluding carboxylic acids is 4. The van der Waals surface area contributed by atoms with Crippen LogP contribution in [0.2, 0.25) is 0 Å². The lowest BCUT2D eigenvalue weighted by atomic mass is 10.1. The summed E-state index contributed by atoms with van der Waals surface area (Å²) in [4.78, 5) is 46.7. The Morgan fingerprint density at radius 3 is 2.24 bits per heavy atom. The molecule has 11 heteroatoms. The zero-order chi connectivity index (χ0) is 22.0. The minimum absolute atomic E-state index is 0.0736. The second kappa shape index (κ2) is 11.0. The molecule has 0 aliphatic rings. The Morgan fingerprint density at radius 1 is 1.07 bits per heavy atom. The molecule has 0 heterocycles. The standard InChI is InChI=1S/C18H22F3N3O5/c1-3-8-22-16(27)11(2)24-14(25)10-29-15(26)9-23-17(28)12-4-6-13(7-5-12)18(19,20)21/h4-7,11H,3,8-10H2,1-2H3,(H,22,27)(H,23,28)(H,24,25)/t11-/m1/s1. The van der Waals surface area contributed by atoms with Gasteiger partial charge >= 0.3 is 12.1 Å². The summed E-state index contributed by atoms with van der Waals surface area (Å²) in [6, 6.07) is 2.63. The largest absolute Gasteiger partial charge is 0.454 e. The molecule has 0 aliphatic carbocycles. The van der Waals surface area contributed by atoms with Crippen LogP contribution in [0.3, 0.4) is 0 Å². The third-order valence-corrected chi connectivity index (χ3v) is 3.55. The maximum atomic E-state index is 12.5. The van der Waals surface area contributed by atoms with Gasteiger partial charge in [-0.15, -0.1) is 0 Å². The number of alkyl halides is 3. The van der Waals surface area contributed by atoms with Gasteiger partial charge in [0.1, 0.15) is 12.6 Å². The molecule has 160 valence electrons. The molecule has 29 heavy (non-hydrogen) atoms. The molecule has 0 radical (unpaired) electrons. The molecular formula is C18H22F3N3O5. The number of benzene rings is 1. The summed E-state index contributed by atoms with van der Waals surface area (Å²) >= 11 is 0. The van der Waals surface area contributed by atoms with E-state index in [-0.39, 0.29) is 11.5 Å². The fraction of sp³-hybridized carbons (Fsp3) is 0.444. The monoisotopic (exact) mass is 417 g/mol. The second-order valence-electron chi connectivity index (χ2n) is 6.00. The van der Waals surface area contributed by atoms with Crippen LogP contribution in [0.15, 0.2) is 24.3 Å². The normalized spacial score (nSPS) is 11.9. The van der Waals surface area contributed by atoms with E-state index < -0.39 is 48.7 Å². The number of halogens is 3. The van der Waals surface area contributed by atoms with Crippen molar-refractivity contribution in [3.05, 3.63) is 35.4 Å². The van der Waals surface area contributed by atoms with Crippen LogP contribution >= 0.6 is 0 Å². The molecule has 1 atom stereocenters. The molecule has 1 aromatic rings. The fourth-order valence-corrected chi connectivity index (χ4v) is 2.01. The van der Waals surface area contributed by atoms with Gasteiger partial charge in [0.2, 0.25) is 5.91 Å². The lowest BCUT2D eigenvalue weighted by molar-refractivity contribution is -0.147. The molecule has 0 aromatic heterocycles. The highest BCUT2D eigenvalue weighted by Gasteiger charge is 2.30. The SMILES string of the molecule is CCCNC(=O)[C@@H](C)NC(=O)COC(=O)CNC(=O)c1ccc(C(F)(F)F)cc1. The molecule has 1 rings (SSSR count). The number of amides is 3. The molecule has 3 amide bonds. The molecule has 0 saturated carbocycles. The van der Waals surface area contributed by atoms with Crippen molar-refractivity contribution in [2.24, 2.45) is 0 Å². The third-order valence-electron chi connectivity index (χ3n) is 3.55. The third kappa shape index (κ3) is 8.62. The Balaban J connectivity index is 2.37. The van der Waals surface area contributed by atoms with Gasteiger partial charge in [0.05, 0.1) is 5.56 Å². The number of hydrogen-bond acceptors (Lipinski definition) is 5. The quantitative estimate of drug-likeness (QED) is 0.519. The van der Waals surface area contributed by atoms with Gasteiger partial charge in [0.15, 0.2) is 6.61 Å². The van der Waals surface area contributed by atoms with Crippen molar-refractivity contribution in [2.75, 3.05) is 19.7 Å². The molecule has 0 bridgehead atoms. The van der Waals surface area contributed by atoms with E-state index in [1.54, 1.807) is 0 Å². The average molecular weight is 417 g/mol. The van der Waals surface area contributed by atoms with Crippen LogP contribution in [-0.2, 0) is 25.3 Å². The van der Waals surface area contributed by atoms with E-state index in [1.807, 2.05) is 6.92 Å². The van der Waals surface area contributed by atoms with Gasteiger partial charge in [0, 0.05) is 12.1 Å².